The number of carbonyl (C=O) groups excluding carboxylic acids is 1. The van der Waals surface area contributed by atoms with Gasteiger partial charge in [-0.2, -0.15) is 5.10 Å². The number of aromatic nitrogens is 2. The number of likely N-dealkylation sites (tertiary alicyclic amines) is 1. The molecule has 29 heavy (non-hydrogen) atoms. The molecule has 0 spiro atoms. The summed E-state index contributed by atoms with van der Waals surface area (Å²) in [6.45, 7) is 3.07. The highest BCUT2D eigenvalue weighted by atomic mass is 16.1. The highest BCUT2D eigenvalue weighted by Crippen LogP contribution is 2.26. The van der Waals surface area contributed by atoms with E-state index in [-0.39, 0.29) is 5.91 Å². The van der Waals surface area contributed by atoms with E-state index in [1.54, 1.807) is 0 Å². The summed E-state index contributed by atoms with van der Waals surface area (Å²) in [4.78, 5) is 14.7. The fourth-order valence-electron chi connectivity index (χ4n) is 4.04. The van der Waals surface area contributed by atoms with Crippen LogP contribution in [-0.2, 0) is 11.3 Å². The molecule has 2 aromatic carbocycles. The predicted octanol–water partition coefficient (Wildman–Crippen LogP) is 4.71. The van der Waals surface area contributed by atoms with Crippen molar-refractivity contribution in [3.05, 3.63) is 72.4 Å². The minimum absolute atomic E-state index is 0.115. The van der Waals surface area contributed by atoms with E-state index in [9.17, 15) is 4.79 Å². The first-order chi connectivity index (χ1) is 14.3. The number of nitrogens with zero attached hydrogens (tertiary/aromatic N) is 2. The van der Waals surface area contributed by atoms with Crippen molar-refractivity contribution in [2.75, 3.05) is 18.4 Å². The number of rotatable bonds is 7. The number of piperidine rings is 1. The molecule has 0 aliphatic carbocycles. The molecule has 0 unspecified atom stereocenters. The van der Waals surface area contributed by atoms with E-state index < -0.39 is 0 Å². The van der Waals surface area contributed by atoms with Gasteiger partial charge in [0.05, 0.1) is 11.9 Å². The second-order valence-corrected chi connectivity index (χ2v) is 7.81. The Labute approximate surface area is 172 Å². The Morgan fingerprint density at radius 3 is 2.45 bits per heavy atom. The lowest BCUT2D eigenvalue weighted by molar-refractivity contribution is -0.116. The third kappa shape index (κ3) is 5.33. The lowest BCUT2D eigenvalue weighted by Gasteiger charge is -2.31. The number of H-pyrrole nitrogens is 1. The zero-order valence-electron chi connectivity index (χ0n) is 16.7. The van der Waals surface area contributed by atoms with E-state index in [1.165, 1.54) is 11.1 Å². The molecule has 1 saturated heterocycles. The molecular formula is C24H28N4O. The van der Waals surface area contributed by atoms with E-state index >= 15 is 0 Å². The monoisotopic (exact) mass is 388 g/mol. The standard InChI is InChI=1S/C24H28N4O/c29-23(26-22-9-5-2-6-10-22)12-11-19-13-15-28(16-14-19)18-21-17-25-27-24(21)20-7-3-1-4-8-20/h1-10,17,19H,11-16,18H2,(H,25,27)(H,26,29). The summed E-state index contributed by atoms with van der Waals surface area (Å²) in [6, 6.07) is 20.1. The van der Waals surface area contributed by atoms with Crippen LogP contribution in [0, 0.1) is 5.92 Å². The van der Waals surface area contributed by atoms with Gasteiger partial charge in [0.1, 0.15) is 0 Å². The minimum atomic E-state index is 0.115. The third-order valence-electron chi connectivity index (χ3n) is 5.72. The topological polar surface area (TPSA) is 61.0 Å². The Kier molecular flexibility index (Phi) is 6.37. The summed E-state index contributed by atoms with van der Waals surface area (Å²) in [5.41, 5.74) is 4.42. The fraction of sp³-hybridized carbons (Fsp3) is 0.333. The minimum Gasteiger partial charge on any atom is -0.326 e. The molecule has 2 N–H and O–H groups in total. The highest BCUT2D eigenvalue weighted by molar-refractivity contribution is 5.90. The first-order valence-corrected chi connectivity index (χ1v) is 10.4. The van der Waals surface area contributed by atoms with Gasteiger partial charge in [-0.25, -0.2) is 0 Å². The molecule has 0 atom stereocenters. The van der Waals surface area contributed by atoms with Crippen molar-refractivity contribution in [1.29, 1.82) is 0 Å². The second kappa shape index (κ2) is 9.52. The van der Waals surface area contributed by atoms with Gasteiger partial charge in [-0.1, -0.05) is 48.5 Å². The van der Waals surface area contributed by atoms with Crippen molar-refractivity contribution in [2.24, 2.45) is 5.92 Å². The van der Waals surface area contributed by atoms with E-state index in [4.69, 9.17) is 0 Å². The Bertz CT molecular complexity index is 899. The van der Waals surface area contributed by atoms with Crippen LogP contribution in [-0.4, -0.2) is 34.1 Å². The van der Waals surface area contributed by atoms with Gasteiger partial charge >= 0.3 is 0 Å². The van der Waals surface area contributed by atoms with Gasteiger partial charge in [0.25, 0.3) is 0 Å². The van der Waals surface area contributed by atoms with Crippen LogP contribution < -0.4 is 5.32 Å². The van der Waals surface area contributed by atoms with Crippen LogP contribution >= 0.6 is 0 Å². The van der Waals surface area contributed by atoms with Crippen molar-refractivity contribution in [1.82, 2.24) is 15.1 Å². The van der Waals surface area contributed by atoms with E-state index in [0.29, 0.717) is 12.3 Å². The maximum atomic E-state index is 12.2. The zero-order chi connectivity index (χ0) is 19.9. The summed E-state index contributed by atoms with van der Waals surface area (Å²) in [6.07, 6.45) is 5.81. The van der Waals surface area contributed by atoms with Crippen molar-refractivity contribution in [3.63, 3.8) is 0 Å². The number of benzene rings is 2. The van der Waals surface area contributed by atoms with Gasteiger partial charge in [0.15, 0.2) is 0 Å². The summed E-state index contributed by atoms with van der Waals surface area (Å²) in [5, 5.41) is 10.4. The van der Waals surface area contributed by atoms with Crippen molar-refractivity contribution >= 4 is 11.6 Å². The molecule has 5 heteroatoms. The first-order valence-electron chi connectivity index (χ1n) is 10.4. The van der Waals surface area contributed by atoms with Crippen LogP contribution in [0.2, 0.25) is 0 Å². The van der Waals surface area contributed by atoms with E-state index in [0.717, 1.165) is 50.3 Å². The second-order valence-electron chi connectivity index (χ2n) is 7.81. The summed E-state index contributed by atoms with van der Waals surface area (Å²) in [7, 11) is 0. The van der Waals surface area contributed by atoms with Crippen LogP contribution in [0.1, 0.15) is 31.2 Å². The summed E-state index contributed by atoms with van der Waals surface area (Å²) < 4.78 is 0. The Morgan fingerprint density at radius 1 is 1.03 bits per heavy atom. The normalized spacial score (nSPS) is 15.3. The molecule has 0 radical (unpaired) electrons. The number of hydrogen-bond acceptors (Lipinski definition) is 3. The number of para-hydroxylation sites is 1. The van der Waals surface area contributed by atoms with Crippen LogP contribution in [0.25, 0.3) is 11.3 Å². The van der Waals surface area contributed by atoms with Gasteiger partial charge in [-0.15, -0.1) is 0 Å². The van der Waals surface area contributed by atoms with Crippen LogP contribution in [0.4, 0.5) is 5.69 Å². The van der Waals surface area contributed by atoms with Crippen LogP contribution in [0.15, 0.2) is 66.9 Å². The average Bonchev–Trinajstić information content (AvgIpc) is 3.23. The smallest absolute Gasteiger partial charge is 0.224 e. The van der Waals surface area contributed by atoms with Gasteiger partial charge < -0.3 is 5.32 Å². The Morgan fingerprint density at radius 2 is 1.72 bits per heavy atom. The molecule has 5 nitrogen and oxygen atoms in total. The molecule has 3 aromatic rings. The molecule has 1 aliphatic rings. The van der Waals surface area contributed by atoms with Gasteiger partial charge in [-0.05, 0) is 56.0 Å². The molecule has 0 bridgehead atoms. The summed E-state index contributed by atoms with van der Waals surface area (Å²) in [5.74, 6) is 0.746. The number of nitrogens with one attached hydrogen (secondary N) is 2. The average molecular weight is 389 g/mol. The molecule has 1 aliphatic heterocycles. The molecule has 1 amide bonds. The van der Waals surface area contributed by atoms with Crippen LogP contribution in [0.5, 0.6) is 0 Å². The number of hydrogen-bond donors (Lipinski definition) is 2. The first kappa shape index (κ1) is 19.4. The third-order valence-corrected chi connectivity index (χ3v) is 5.72. The van der Waals surface area contributed by atoms with Crippen molar-refractivity contribution < 1.29 is 4.79 Å². The van der Waals surface area contributed by atoms with Crippen LogP contribution in [0.3, 0.4) is 0 Å². The molecule has 150 valence electrons. The van der Waals surface area contributed by atoms with Gasteiger partial charge in [0, 0.05) is 24.2 Å². The zero-order valence-corrected chi connectivity index (χ0v) is 16.7. The maximum absolute atomic E-state index is 12.2. The largest absolute Gasteiger partial charge is 0.326 e. The van der Waals surface area contributed by atoms with E-state index in [2.05, 4.69) is 44.7 Å². The summed E-state index contributed by atoms with van der Waals surface area (Å²) >= 11 is 0. The van der Waals surface area contributed by atoms with Crippen molar-refractivity contribution in [2.45, 2.75) is 32.2 Å². The lowest BCUT2D eigenvalue weighted by atomic mass is 9.91. The Balaban J connectivity index is 1.22. The number of carbonyl (C=O) groups is 1. The molecule has 0 saturated carbocycles. The predicted molar refractivity (Wildman–Crippen MR) is 116 cm³/mol. The highest BCUT2D eigenvalue weighted by Gasteiger charge is 2.21. The lowest BCUT2D eigenvalue weighted by Crippen LogP contribution is -2.33. The molecule has 2 heterocycles. The number of amides is 1. The van der Waals surface area contributed by atoms with Gasteiger partial charge in [0.2, 0.25) is 5.91 Å². The quantitative estimate of drug-likeness (QED) is 0.616. The molecule has 1 aromatic heterocycles. The van der Waals surface area contributed by atoms with Gasteiger partial charge in [-0.3, -0.25) is 14.8 Å². The molecule has 1 fully saturated rings. The fourth-order valence-corrected chi connectivity index (χ4v) is 4.04. The number of aromatic amines is 1. The Hall–Kier alpha value is -2.92. The molecule has 4 rings (SSSR count). The number of anilines is 1. The van der Waals surface area contributed by atoms with E-state index in [1.807, 2.05) is 42.6 Å². The SMILES string of the molecule is O=C(CCC1CCN(Cc2cn[nH]c2-c2ccccc2)CC1)Nc1ccccc1. The van der Waals surface area contributed by atoms with Crippen molar-refractivity contribution in [3.8, 4) is 11.3 Å². The maximum Gasteiger partial charge on any atom is 0.224 e. The molecular weight excluding hydrogens is 360 g/mol.